The van der Waals surface area contributed by atoms with Gasteiger partial charge in [-0.25, -0.2) is 4.39 Å². The molecule has 0 aromatic heterocycles. The molecule has 0 amide bonds. The summed E-state index contributed by atoms with van der Waals surface area (Å²) in [6.45, 7) is 12.3. The molecule has 1 aromatic rings. The molecular formula is C15H25FN2. The Morgan fingerprint density at radius 1 is 1.11 bits per heavy atom. The first kappa shape index (κ1) is 15.0. The van der Waals surface area contributed by atoms with Crippen LogP contribution in [0.2, 0.25) is 0 Å². The van der Waals surface area contributed by atoms with Crippen molar-refractivity contribution in [3.05, 3.63) is 30.1 Å². The van der Waals surface area contributed by atoms with Gasteiger partial charge in [-0.05, 0) is 50.5 Å². The summed E-state index contributed by atoms with van der Waals surface area (Å²) in [5.74, 6) is -0.201. The summed E-state index contributed by atoms with van der Waals surface area (Å²) in [5.41, 5.74) is 6.98. The normalized spacial score (nSPS) is 12.6. The SMILES string of the molecule is CCN(CC(C)(C)C(C)(C)N)c1ccc(F)cc1. The van der Waals surface area contributed by atoms with Gasteiger partial charge in [0, 0.05) is 24.3 Å². The van der Waals surface area contributed by atoms with Crippen LogP contribution in [0.3, 0.4) is 0 Å². The number of anilines is 1. The van der Waals surface area contributed by atoms with E-state index in [2.05, 4.69) is 25.7 Å². The second-order valence-electron chi connectivity index (χ2n) is 6.10. The number of nitrogens with zero attached hydrogens (tertiary/aromatic N) is 1. The molecule has 0 heterocycles. The summed E-state index contributed by atoms with van der Waals surface area (Å²) in [5, 5.41) is 0. The van der Waals surface area contributed by atoms with E-state index in [1.807, 2.05) is 26.0 Å². The maximum atomic E-state index is 12.9. The lowest BCUT2D eigenvalue weighted by molar-refractivity contribution is 0.208. The van der Waals surface area contributed by atoms with Crippen molar-refractivity contribution in [3.8, 4) is 0 Å². The lowest BCUT2D eigenvalue weighted by Gasteiger charge is -2.42. The second kappa shape index (κ2) is 5.27. The fourth-order valence-electron chi connectivity index (χ4n) is 1.72. The van der Waals surface area contributed by atoms with E-state index in [1.54, 1.807) is 0 Å². The van der Waals surface area contributed by atoms with E-state index in [9.17, 15) is 4.39 Å². The number of nitrogens with two attached hydrogens (primary N) is 1. The standard InChI is InChI=1S/C15H25FN2/c1-6-18(11-14(2,3)15(4,5)17)13-9-7-12(16)8-10-13/h7-10H,6,11,17H2,1-5H3. The average molecular weight is 252 g/mol. The maximum Gasteiger partial charge on any atom is 0.123 e. The third kappa shape index (κ3) is 3.45. The maximum absolute atomic E-state index is 12.9. The Morgan fingerprint density at radius 2 is 1.61 bits per heavy atom. The highest BCUT2D eigenvalue weighted by Gasteiger charge is 2.34. The lowest BCUT2D eigenvalue weighted by atomic mass is 9.75. The van der Waals surface area contributed by atoms with Crippen LogP contribution >= 0.6 is 0 Å². The van der Waals surface area contributed by atoms with Crippen LogP contribution in [0.1, 0.15) is 34.6 Å². The first-order valence-electron chi connectivity index (χ1n) is 6.47. The van der Waals surface area contributed by atoms with Crippen LogP contribution in [-0.2, 0) is 0 Å². The van der Waals surface area contributed by atoms with Crippen molar-refractivity contribution in [2.75, 3.05) is 18.0 Å². The van der Waals surface area contributed by atoms with E-state index in [0.717, 1.165) is 18.8 Å². The van der Waals surface area contributed by atoms with E-state index in [4.69, 9.17) is 5.73 Å². The molecule has 0 saturated carbocycles. The largest absolute Gasteiger partial charge is 0.371 e. The third-order valence-corrected chi connectivity index (χ3v) is 3.90. The van der Waals surface area contributed by atoms with Crippen LogP contribution in [0.4, 0.5) is 10.1 Å². The molecule has 0 saturated heterocycles. The van der Waals surface area contributed by atoms with E-state index >= 15 is 0 Å². The van der Waals surface area contributed by atoms with Crippen molar-refractivity contribution >= 4 is 5.69 Å². The Bertz CT molecular complexity index is 376. The molecule has 1 rings (SSSR count). The van der Waals surface area contributed by atoms with Gasteiger partial charge >= 0.3 is 0 Å². The number of rotatable bonds is 5. The monoisotopic (exact) mass is 252 g/mol. The molecule has 18 heavy (non-hydrogen) atoms. The van der Waals surface area contributed by atoms with Crippen molar-refractivity contribution in [2.24, 2.45) is 11.1 Å². The molecule has 0 aliphatic carbocycles. The minimum absolute atomic E-state index is 0.0304. The zero-order chi connectivity index (χ0) is 14.0. The van der Waals surface area contributed by atoms with Crippen molar-refractivity contribution in [1.29, 1.82) is 0 Å². The summed E-state index contributed by atoms with van der Waals surface area (Å²) < 4.78 is 12.9. The fourth-order valence-corrected chi connectivity index (χ4v) is 1.72. The molecule has 0 aliphatic heterocycles. The van der Waals surface area contributed by atoms with Gasteiger partial charge in [0.25, 0.3) is 0 Å². The third-order valence-electron chi connectivity index (χ3n) is 3.90. The molecule has 0 radical (unpaired) electrons. The lowest BCUT2D eigenvalue weighted by Crippen LogP contribution is -2.53. The van der Waals surface area contributed by atoms with E-state index in [0.29, 0.717) is 0 Å². The Balaban J connectivity index is 2.89. The summed E-state index contributed by atoms with van der Waals surface area (Å²) >= 11 is 0. The number of hydrogen-bond acceptors (Lipinski definition) is 2. The predicted molar refractivity (Wildman–Crippen MR) is 76.3 cm³/mol. The number of halogens is 1. The molecule has 0 spiro atoms. The van der Waals surface area contributed by atoms with Gasteiger partial charge in [-0.1, -0.05) is 13.8 Å². The summed E-state index contributed by atoms with van der Waals surface area (Å²) in [4.78, 5) is 2.23. The van der Waals surface area contributed by atoms with Crippen LogP contribution < -0.4 is 10.6 Å². The Morgan fingerprint density at radius 3 is 2.00 bits per heavy atom. The minimum Gasteiger partial charge on any atom is -0.371 e. The zero-order valence-electron chi connectivity index (χ0n) is 12.1. The first-order chi connectivity index (χ1) is 8.17. The second-order valence-corrected chi connectivity index (χ2v) is 6.10. The van der Waals surface area contributed by atoms with Crippen molar-refractivity contribution in [1.82, 2.24) is 0 Å². The molecule has 0 bridgehead atoms. The molecule has 102 valence electrons. The number of benzene rings is 1. The van der Waals surface area contributed by atoms with Gasteiger partial charge in [0.05, 0.1) is 0 Å². The van der Waals surface area contributed by atoms with Gasteiger partial charge in [0.2, 0.25) is 0 Å². The summed E-state index contributed by atoms with van der Waals surface area (Å²) in [6, 6.07) is 6.63. The smallest absolute Gasteiger partial charge is 0.123 e. The zero-order valence-corrected chi connectivity index (χ0v) is 12.1. The highest BCUT2D eigenvalue weighted by Crippen LogP contribution is 2.31. The van der Waals surface area contributed by atoms with Crippen LogP contribution in [-0.4, -0.2) is 18.6 Å². The highest BCUT2D eigenvalue weighted by atomic mass is 19.1. The highest BCUT2D eigenvalue weighted by molar-refractivity contribution is 5.46. The van der Waals surface area contributed by atoms with Crippen LogP contribution in [0, 0.1) is 11.2 Å². The van der Waals surface area contributed by atoms with Gasteiger partial charge in [0.1, 0.15) is 5.82 Å². The fraction of sp³-hybridized carbons (Fsp3) is 0.600. The molecule has 2 N–H and O–H groups in total. The average Bonchev–Trinajstić information content (AvgIpc) is 2.25. The molecule has 3 heteroatoms. The Hall–Kier alpha value is -1.09. The van der Waals surface area contributed by atoms with Gasteiger partial charge < -0.3 is 10.6 Å². The van der Waals surface area contributed by atoms with Gasteiger partial charge in [-0.2, -0.15) is 0 Å². The van der Waals surface area contributed by atoms with Gasteiger partial charge in [0.15, 0.2) is 0 Å². The predicted octanol–water partition coefficient (Wildman–Crippen LogP) is 3.42. The topological polar surface area (TPSA) is 29.3 Å². The van der Waals surface area contributed by atoms with Crippen molar-refractivity contribution in [2.45, 2.75) is 40.2 Å². The van der Waals surface area contributed by atoms with Crippen LogP contribution in [0.5, 0.6) is 0 Å². The van der Waals surface area contributed by atoms with E-state index in [-0.39, 0.29) is 16.8 Å². The Kier molecular flexibility index (Phi) is 4.38. The minimum atomic E-state index is -0.263. The molecule has 2 nitrogen and oxygen atoms in total. The van der Waals surface area contributed by atoms with Crippen molar-refractivity contribution < 1.29 is 4.39 Å². The number of hydrogen-bond donors (Lipinski definition) is 1. The van der Waals surface area contributed by atoms with E-state index in [1.165, 1.54) is 12.1 Å². The molecule has 0 aliphatic rings. The summed E-state index contributed by atoms with van der Waals surface area (Å²) in [6.07, 6.45) is 0. The van der Waals surface area contributed by atoms with E-state index < -0.39 is 0 Å². The quantitative estimate of drug-likeness (QED) is 0.870. The molecule has 1 aromatic carbocycles. The van der Waals surface area contributed by atoms with Gasteiger partial charge in [-0.15, -0.1) is 0 Å². The van der Waals surface area contributed by atoms with Crippen molar-refractivity contribution in [3.63, 3.8) is 0 Å². The summed E-state index contributed by atoms with van der Waals surface area (Å²) in [7, 11) is 0. The molecular weight excluding hydrogens is 227 g/mol. The Labute approximate surface area is 110 Å². The molecule has 0 fully saturated rings. The molecule has 0 unspecified atom stereocenters. The van der Waals surface area contributed by atoms with Crippen LogP contribution in [0.25, 0.3) is 0 Å². The first-order valence-corrected chi connectivity index (χ1v) is 6.47. The molecule has 0 atom stereocenters. The van der Waals surface area contributed by atoms with Crippen LogP contribution in [0.15, 0.2) is 24.3 Å². The van der Waals surface area contributed by atoms with Gasteiger partial charge in [-0.3, -0.25) is 0 Å².